The Morgan fingerprint density at radius 1 is 1.09 bits per heavy atom. The first-order chi connectivity index (χ1) is 15.4. The summed E-state index contributed by atoms with van der Waals surface area (Å²) < 4.78 is 30.1. The topological polar surface area (TPSA) is 84.3 Å². The summed E-state index contributed by atoms with van der Waals surface area (Å²) in [6.07, 6.45) is 5.05. The number of benzene rings is 1. The number of para-hydroxylation sites is 1. The molecule has 5 rings (SSSR count). The van der Waals surface area contributed by atoms with Crippen LogP contribution < -0.4 is 4.72 Å². The van der Waals surface area contributed by atoms with Gasteiger partial charge >= 0.3 is 0 Å². The zero-order valence-electron chi connectivity index (χ0n) is 17.9. The highest BCUT2D eigenvalue weighted by atomic mass is 32.2. The van der Waals surface area contributed by atoms with Gasteiger partial charge in [-0.15, -0.1) is 11.3 Å². The minimum absolute atomic E-state index is 0.00806. The Morgan fingerprint density at radius 3 is 2.50 bits per heavy atom. The molecule has 9 heteroatoms. The van der Waals surface area contributed by atoms with Crippen molar-refractivity contribution in [1.29, 1.82) is 0 Å². The third kappa shape index (κ3) is 4.12. The lowest BCUT2D eigenvalue weighted by Crippen LogP contribution is -2.46. The number of carbonyl (C=O) groups is 1. The van der Waals surface area contributed by atoms with Crippen molar-refractivity contribution in [3.8, 4) is 5.69 Å². The van der Waals surface area contributed by atoms with Gasteiger partial charge in [0.1, 0.15) is 4.21 Å². The zero-order valence-corrected chi connectivity index (χ0v) is 19.5. The summed E-state index contributed by atoms with van der Waals surface area (Å²) in [7, 11) is -3.50. The highest BCUT2D eigenvalue weighted by molar-refractivity contribution is 7.91. The molecule has 0 spiro atoms. The van der Waals surface area contributed by atoms with Crippen LogP contribution in [0.1, 0.15) is 53.2 Å². The normalized spacial score (nSPS) is 17.6. The minimum Gasteiger partial charge on any atom is -0.338 e. The Hall–Kier alpha value is -2.49. The molecule has 0 atom stereocenters. The molecule has 1 aliphatic carbocycles. The molecule has 3 heterocycles. The Labute approximate surface area is 192 Å². The molecule has 2 aromatic heterocycles. The Balaban J connectivity index is 1.30. The van der Waals surface area contributed by atoms with Gasteiger partial charge in [-0.25, -0.2) is 17.8 Å². The molecule has 3 aromatic rings. The van der Waals surface area contributed by atoms with Crippen molar-refractivity contribution in [2.75, 3.05) is 13.1 Å². The van der Waals surface area contributed by atoms with Crippen molar-refractivity contribution in [1.82, 2.24) is 19.4 Å². The number of thiophene rings is 1. The van der Waals surface area contributed by atoms with Gasteiger partial charge in [0.05, 0.1) is 23.1 Å². The molecule has 1 amide bonds. The predicted molar refractivity (Wildman–Crippen MR) is 124 cm³/mol. The van der Waals surface area contributed by atoms with E-state index in [1.54, 1.807) is 23.7 Å². The maximum atomic E-state index is 13.4. The molecule has 0 unspecified atom stereocenters. The molecule has 0 bridgehead atoms. The lowest BCUT2D eigenvalue weighted by atomic mass is 10.0. The number of likely N-dealkylation sites (tertiary alicyclic amines) is 1. The van der Waals surface area contributed by atoms with Crippen LogP contribution in [-0.2, 0) is 10.0 Å². The first kappa shape index (κ1) is 21.4. The first-order valence-electron chi connectivity index (χ1n) is 10.9. The smallest absolute Gasteiger partial charge is 0.257 e. The second-order valence-electron chi connectivity index (χ2n) is 8.54. The van der Waals surface area contributed by atoms with Crippen molar-refractivity contribution in [3.63, 3.8) is 0 Å². The standard InChI is InChI=1S/C23H26N4O3S2/c1-16-5-2-3-6-20(16)27-22(17-8-9-17)19(15-24-27)23(28)26-12-10-18(11-13-26)25-32(29,30)21-7-4-14-31-21/h2-7,14-15,17-18,25H,8-13H2,1H3. The highest BCUT2D eigenvalue weighted by Gasteiger charge is 2.35. The van der Waals surface area contributed by atoms with Gasteiger partial charge in [-0.1, -0.05) is 24.3 Å². The molecule has 1 saturated heterocycles. The van der Waals surface area contributed by atoms with Gasteiger partial charge in [0.25, 0.3) is 5.91 Å². The van der Waals surface area contributed by atoms with E-state index >= 15 is 0 Å². The van der Waals surface area contributed by atoms with Gasteiger partial charge in [0.15, 0.2) is 0 Å². The summed E-state index contributed by atoms with van der Waals surface area (Å²) in [5.41, 5.74) is 3.81. The van der Waals surface area contributed by atoms with Crippen LogP contribution in [0.25, 0.3) is 5.69 Å². The van der Waals surface area contributed by atoms with Crippen molar-refractivity contribution in [2.45, 2.75) is 48.8 Å². The van der Waals surface area contributed by atoms with Gasteiger partial charge in [-0.2, -0.15) is 5.10 Å². The lowest BCUT2D eigenvalue weighted by Gasteiger charge is -2.32. The third-order valence-corrected chi connectivity index (χ3v) is 9.13. The van der Waals surface area contributed by atoms with Gasteiger partial charge in [0.2, 0.25) is 10.0 Å². The van der Waals surface area contributed by atoms with Gasteiger partial charge in [-0.3, -0.25) is 4.79 Å². The van der Waals surface area contributed by atoms with E-state index < -0.39 is 10.0 Å². The van der Waals surface area contributed by atoms with Crippen LogP contribution in [-0.4, -0.2) is 48.1 Å². The Morgan fingerprint density at radius 2 is 1.84 bits per heavy atom. The summed E-state index contributed by atoms with van der Waals surface area (Å²) in [6.45, 7) is 3.10. The number of nitrogens with zero attached hydrogens (tertiary/aromatic N) is 3. The maximum Gasteiger partial charge on any atom is 0.257 e. The number of carbonyl (C=O) groups excluding carboxylic acids is 1. The number of rotatable bonds is 6. The molecule has 0 radical (unpaired) electrons. The Kier molecular flexibility index (Phi) is 5.65. The van der Waals surface area contributed by atoms with E-state index in [2.05, 4.69) is 22.8 Å². The zero-order chi connectivity index (χ0) is 22.3. The van der Waals surface area contributed by atoms with Crippen molar-refractivity contribution in [3.05, 3.63) is 64.8 Å². The SMILES string of the molecule is Cc1ccccc1-n1ncc(C(=O)N2CCC(NS(=O)(=O)c3cccs3)CC2)c1C1CC1. The average Bonchev–Trinajstić information content (AvgIpc) is 3.28. The number of nitrogens with one attached hydrogen (secondary N) is 1. The lowest BCUT2D eigenvalue weighted by molar-refractivity contribution is 0.0710. The van der Waals surface area contributed by atoms with Gasteiger partial charge in [-0.05, 0) is 55.7 Å². The highest BCUT2D eigenvalue weighted by Crippen LogP contribution is 2.43. The van der Waals surface area contributed by atoms with E-state index in [1.165, 1.54) is 11.3 Å². The molecule has 7 nitrogen and oxygen atoms in total. The van der Waals surface area contributed by atoms with Crippen LogP contribution in [0.5, 0.6) is 0 Å². The number of hydrogen-bond donors (Lipinski definition) is 1. The fourth-order valence-electron chi connectivity index (χ4n) is 4.33. The van der Waals surface area contributed by atoms with E-state index in [-0.39, 0.29) is 11.9 Å². The number of piperidine rings is 1. The summed E-state index contributed by atoms with van der Waals surface area (Å²) in [5, 5.41) is 6.35. The number of amides is 1. The average molecular weight is 471 g/mol. The number of hydrogen-bond acceptors (Lipinski definition) is 5. The van der Waals surface area contributed by atoms with E-state index in [1.807, 2.05) is 27.8 Å². The van der Waals surface area contributed by atoms with Crippen LogP contribution in [0.4, 0.5) is 0 Å². The van der Waals surface area contributed by atoms with Crippen molar-refractivity contribution in [2.24, 2.45) is 0 Å². The molecule has 168 valence electrons. The van der Waals surface area contributed by atoms with E-state index in [0.717, 1.165) is 29.8 Å². The maximum absolute atomic E-state index is 13.4. The summed E-state index contributed by atoms with van der Waals surface area (Å²) in [6, 6.07) is 11.3. The molecule has 2 aliphatic rings. The molecule has 1 aromatic carbocycles. The van der Waals surface area contributed by atoms with Crippen LogP contribution in [0.2, 0.25) is 0 Å². The second kappa shape index (κ2) is 8.46. The van der Waals surface area contributed by atoms with Crippen LogP contribution in [0.15, 0.2) is 52.2 Å². The van der Waals surface area contributed by atoms with Crippen molar-refractivity contribution >= 4 is 27.3 Å². The molecule has 32 heavy (non-hydrogen) atoms. The fraction of sp³-hybridized carbons (Fsp3) is 0.391. The molecule has 2 fully saturated rings. The molecular formula is C23H26N4O3S2. The van der Waals surface area contributed by atoms with Gasteiger partial charge in [0, 0.05) is 25.0 Å². The molecule has 1 saturated carbocycles. The molecule has 1 N–H and O–H groups in total. The van der Waals surface area contributed by atoms with Crippen LogP contribution in [0.3, 0.4) is 0 Å². The largest absolute Gasteiger partial charge is 0.338 e. The van der Waals surface area contributed by atoms with Crippen LogP contribution in [0, 0.1) is 6.92 Å². The van der Waals surface area contributed by atoms with Crippen molar-refractivity contribution < 1.29 is 13.2 Å². The quantitative estimate of drug-likeness (QED) is 0.595. The summed E-state index contributed by atoms with van der Waals surface area (Å²) in [4.78, 5) is 15.2. The van der Waals surface area contributed by atoms with E-state index in [4.69, 9.17) is 0 Å². The minimum atomic E-state index is -3.50. The number of aryl methyl sites for hydroxylation is 1. The third-order valence-electron chi connectivity index (χ3n) is 6.21. The predicted octanol–water partition coefficient (Wildman–Crippen LogP) is 3.70. The first-order valence-corrected chi connectivity index (χ1v) is 13.3. The fourth-order valence-corrected chi connectivity index (χ4v) is 6.64. The number of aromatic nitrogens is 2. The monoisotopic (exact) mass is 470 g/mol. The van der Waals surface area contributed by atoms with Gasteiger partial charge < -0.3 is 4.90 Å². The molecule has 1 aliphatic heterocycles. The van der Waals surface area contributed by atoms with E-state index in [9.17, 15) is 13.2 Å². The van der Waals surface area contributed by atoms with Crippen LogP contribution >= 0.6 is 11.3 Å². The second-order valence-corrected chi connectivity index (χ2v) is 11.4. The van der Waals surface area contributed by atoms with E-state index in [0.29, 0.717) is 41.6 Å². The summed E-state index contributed by atoms with van der Waals surface area (Å²) in [5.74, 6) is 0.359. The number of sulfonamides is 1. The Bertz CT molecular complexity index is 1220. The molecular weight excluding hydrogens is 444 g/mol. The summed E-state index contributed by atoms with van der Waals surface area (Å²) >= 11 is 1.21.